The number of nitrogen functional groups attached to an aromatic ring is 1. The van der Waals surface area contributed by atoms with Crippen LogP contribution in [0.2, 0.25) is 0 Å². The summed E-state index contributed by atoms with van der Waals surface area (Å²) in [5.41, 5.74) is 6.57. The number of hydrogen-bond acceptors (Lipinski definition) is 7. The van der Waals surface area contributed by atoms with Crippen molar-refractivity contribution in [1.29, 1.82) is 0 Å². The topological polar surface area (TPSA) is 104 Å². The quantitative estimate of drug-likeness (QED) is 0.827. The van der Waals surface area contributed by atoms with Crippen molar-refractivity contribution in [3.05, 3.63) is 24.2 Å². The van der Waals surface area contributed by atoms with Crippen LogP contribution in [0.25, 0.3) is 5.52 Å². The van der Waals surface area contributed by atoms with Gasteiger partial charge < -0.3 is 25.1 Å². The Hall–Kier alpha value is -1.74. The van der Waals surface area contributed by atoms with E-state index >= 15 is 0 Å². The molecule has 4 atom stereocenters. The molecule has 0 spiro atoms. The van der Waals surface area contributed by atoms with Crippen LogP contribution < -0.4 is 5.73 Å². The Labute approximate surface area is 133 Å². The van der Waals surface area contributed by atoms with E-state index in [9.17, 15) is 5.11 Å². The summed E-state index contributed by atoms with van der Waals surface area (Å²) in [6, 6.07) is 3.74. The molecule has 2 aliphatic heterocycles. The third-order valence-corrected chi connectivity index (χ3v) is 4.60. The third kappa shape index (κ3) is 1.99. The molecule has 23 heavy (non-hydrogen) atoms. The highest BCUT2D eigenvalue weighted by molar-refractivity contribution is 5.65. The first kappa shape index (κ1) is 14.8. The summed E-state index contributed by atoms with van der Waals surface area (Å²) in [4.78, 5) is 4.00. The number of ether oxygens (including phenoxy) is 3. The summed E-state index contributed by atoms with van der Waals surface area (Å²) < 4.78 is 19.8. The second-order valence-corrected chi connectivity index (χ2v) is 6.63. The number of fused-ring (bicyclic) bond motifs is 2. The molecule has 2 fully saturated rings. The molecule has 0 saturated carbocycles. The molecule has 0 radical (unpaired) electrons. The Morgan fingerprint density at radius 2 is 2.04 bits per heavy atom. The van der Waals surface area contributed by atoms with Crippen LogP contribution in [0.5, 0.6) is 0 Å². The fraction of sp³-hybridized carbons (Fsp3) is 0.600. The predicted octanol–water partition coefficient (Wildman–Crippen LogP) is 0.438. The van der Waals surface area contributed by atoms with Crippen molar-refractivity contribution in [1.82, 2.24) is 14.6 Å². The van der Waals surface area contributed by atoms with Crippen LogP contribution in [-0.2, 0) is 19.8 Å². The van der Waals surface area contributed by atoms with Crippen LogP contribution in [0.15, 0.2) is 18.5 Å². The molecule has 0 amide bonds. The van der Waals surface area contributed by atoms with E-state index in [0.717, 1.165) is 5.69 Å². The average Bonchev–Trinajstić information content (AvgIpc) is 3.12. The molecule has 0 aliphatic carbocycles. The molecule has 2 unspecified atom stereocenters. The van der Waals surface area contributed by atoms with E-state index in [4.69, 9.17) is 19.9 Å². The Morgan fingerprint density at radius 1 is 1.26 bits per heavy atom. The lowest BCUT2D eigenvalue weighted by molar-refractivity contribution is -0.212. The lowest BCUT2D eigenvalue weighted by atomic mass is 9.93. The number of aliphatic hydroxyl groups excluding tert-OH is 1. The number of anilines is 1. The van der Waals surface area contributed by atoms with Gasteiger partial charge in [-0.15, -0.1) is 0 Å². The summed E-state index contributed by atoms with van der Waals surface area (Å²) >= 11 is 0. The van der Waals surface area contributed by atoms with Crippen LogP contribution in [0.3, 0.4) is 0 Å². The maximum Gasteiger partial charge on any atom is 0.164 e. The maximum atomic E-state index is 9.66. The van der Waals surface area contributed by atoms with Crippen molar-refractivity contribution in [2.45, 2.75) is 50.5 Å². The molecule has 8 nitrogen and oxygen atoms in total. The average molecular weight is 320 g/mol. The van der Waals surface area contributed by atoms with E-state index in [1.165, 1.54) is 6.33 Å². The van der Waals surface area contributed by atoms with Gasteiger partial charge in [0.15, 0.2) is 11.6 Å². The minimum atomic E-state index is -0.820. The minimum Gasteiger partial charge on any atom is -0.394 e. The van der Waals surface area contributed by atoms with Crippen LogP contribution in [0, 0.1) is 0 Å². The van der Waals surface area contributed by atoms with Gasteiger partial charge in [0.2, 0.25) is 0 Å². The fourth-order valence-electron chi connectivity index (χ4n) is 3.61. The Balaban J connectivity index is 1.84. The second-order valence-electron chi connectivity index (χ2n) is 6.63. The molecule has 8 heteroatoms. The number of rotatable bonds is 2. The van der Waals surface area contributed by atoms with Crippen molar-refractivity contribution in [3.8, 4) is 0 Å². The highest BCUT2D eigenvalue weighted by atomic mass is 16.8. The number of aliphatic hydroxyl groups is 1. The Bertz CT molecular complexity index is 761. The van der Waals surface area contributed by atoms with Gasteiger partial charge in [0.25, 0.3) is 0 Å². The van der Waals surface area contributed by atoms with Crippen LogP contribution in [0.4, 0.5) is 5.82 Å². The zero-order chi connectivity index (χ0) is 16.4. The number of nitrogens with two attached hydrogens (primary N) is 1. The van der Waals surface area contributed by atoms with E-state index < -0.39 is 17.5 Å². The standard InChI is InChI=1S/C15H20N4O4/c1-14(2)22-11-9(6-20)21-15(3,12(11)23-14)10-5-4-8-13(16)17-7-18-19(8)10/h4-5,7,9,11-12,20H,6H2,1-3H3,(H2,16,17,18)/t9-,11?,12?,15+/m1/s1. The lowest BCUT2D eigenvalue weighted by Crippen LogP contribution is -2.39. The molecule has 2 aromatic heterocycles. The maximum absolute atomic E-state index is 9.66. The van der Waals surface area contributed by atoms with E-state index in [-0.39, 0.29) is 18.8 Å². The van der Waals surface area contributed by atoms with Crippen molar-refractivity contribution < 1.29 is 19.3 Å². The van der Waals surface area contributed by atoms with Crippen molar-refractivity contribution in [3.63, 3.8) is 0 Å². The van der Waals surface area contributed by atoms with Gasteiger partial charge >= 0.3 is 0 Å². The minimum absolute atomic E-state index is 0.142. The first-order chi connectivity index (χ1) is 10.9. The van der Waals surface area contributed by atoms with Gasteiger partial charge in [0.1, 0.15) is 35.8 Å². The highest BCUT2D eigenvalue weighted by Crippen LogP contribution is 2.49. The van der Waals surface area contributed by atoms with Gasteiger partial charge in [-0.05, 0) is 32.9 Å². The number of hydrogen-bond donors (Lipinski definition) is 2. The predicted molar refractivity (Wildman–Crippen MR) is 80.5 cm³/mol. The Kier molecular flexibility index (Phi) is 2.99. The lowest BCUT2D eigenvalue weighted by Gasteiger charge is -2.31. The normalized spacial score (nSPS) is 35.7. The van der Waals surface area contributed by atoms with Crippen LogP contribution >= 0.6 is 0 Å². The monoisotopic (exact) mass is 320 g/mol. The Morgan fingerprint density at radius 3 is 2.78 bits per heavy atom. The number of nitrogens with zero attached hydrogens (tertiary/aromatic N) is 3. The summed E-state index contributed by atoms with van der Waals surface area (Å²) in [5, 5.41) is 13.9. The van der Waals surface area contributed by atoms with Crippen LogP contribution in [0.1, 0.15) is 26.5 Å². The van der Waals surface area contributed by atoms with E-state index in [1.54, 1.807) is 4.52 Å². The second kappa shape index (κ2) is 4.64. The molecule has 0 bridgehead atoms. The first-order valence-electron chi connectivity index (χ1n) is 7.59. The van der Waals surface area contributed by atoms with Crippen molar-refractivity contribution >= 4 is 11.3 Å². The first-order valence-corrected chi connectivity index (χ1v) is 7.59. The summed E-state index contributed by atoms with van der Waals surface area (Å²) in [7, 11) is 0. The molecule has 124 valence electrons. The van der Waals surface area contributed by atoms with Gasteiger partial charge in [-0.1, -0.05) is 0 Å². The third-order valence-electron chi connectivity index (χ3n) is 4.60. The zero-order valence-corrected chi connectivity index (χ0v) is 13.3. The molecule has 0 aromatic carbocycles. The molecule has 4 rings (SSSR count). The molecule has 2 aliphatic rings. The van der Waals surface area contributed by atoms with E-state index in [2.05, 4.69) is 10.1 Å². The summed E-state index contributed by atoms with van der Waals surface area (Å²) in [6.07, 6.45) is 0.242. The molecular formula is C15H20N4O4. The SMILES string of the molecule is CC1(C)OC2C(O1)[C@](C)(c1ccc3c(N)ncnn13)O[C@@H]2CO. The molecular weight excluding hydrogens is 300 g/mol. The van der Waals surface area contributed by atoms with Gasteiger partial charge in [0, 0.05) is 0 Å². The number of aromatic nitrogens is 3. The van der Waals surface area contributed by atoms with Crippen LogP contribution in [-0.4, -0.2) is 50.4 Å². The van der Waals surface area contributed by atoms with Crippen molar-refractivity contribution in [2.24, 2.45) is 0 Å². The highest BCUT2D eigenvalue weighted by Gasteiger charge is 2.62. The fourth-order valence-corrected chi connectivity index (χ4v) is 3.61. The summed E-state index contributed by atoms with van der Waals surface area (Å²) in [6.45, 7) is 5.49. The van der Waals surface area contributed by atoms with Gasteiger partial charge in [-0.25, -0.2) is 9.50 Å². The molecule has 2 saturated heterocycles. The van der Waals surface area contributed by atoms with Gasteiger partial charge in [-0.2, -0.15) is 5.10 Å². The summed E-state index contributed by atoms with van der Waals surface area (Å²) in [5.74, 6) is -0.332. The largest absolute Gasteiger partial charge is 0.394 e. The molecule has 3 N–H and O–H groups in total. The zero-order valence-electron chi connectivity index (χ0n) is 13.3. The molecule has 2 aromatic rings. The smallest absolute Gasteiger partial charge is 0.164 e. The van der Waals surface area contributed by atoms with E-state index in [1.807, 2.05) is 32.9 Å². The molecule has 4 heterocycles. The van der Waals surface area contributed by atoms with Gasteiger partial charge in [-0.3, -0.25) is 0 Å². The van der Waals surface area contributed by atoms with Gasteiger partial charge in [0.05, 0.1) is 12.3 Å². The van der Waals surface area contributed by atoms with E-state index in [0.29, 0.717) is 11.3 Å². The van der Waals surface area contributed by atoms with Crippen molar-refractivity contribution in [2.75, 3.05) is 12.3 Å².